The number of anilines is 1. The zero-order valence-corrected chi connectivity index (χ0v) is 12.6. The number of carboxylic acid groups (broad SMARTS) is 1. The van der Waals surface area contributed by atoms with Gasteiger partial charge in [0.05, 0.1) is 5.56 Å². The largest absolute Gasteiger partial charge is 0.478 e. The van der Waals surface area contributed by atoms with Gasteiger partial charge in [-0.2, -0.15) is 0 Å². The van der Waals surface area contributed by atoms with E-state index in [0.717, 1.165) is 16.7 Å². The first-order valence-electron chi connectivity index (χ1n) is 6.58. The third-order valence-electron chi connectivity index (χ3n) is 3.57. The quantitative estimate of drug-likeness (QED) is 0.873. The molecule has 2 rings (SSSR count). The fraction of sp³-hybridized carbons (Fsp3) is 0.500. The summed E-state index contributed by atoms with van der Waals surface area (Å²) in [6, 6.07) is 5.55. The fourth-order valence-corrected chi connectivity index (χ4v) is 2.88. The summed E-state index contributed by atoms with van der Waals surface area (Å²) in [5.74, 6) is -0.905. The molecular weight excluding hydrogens is 308 g/mol. The summed E-state index contributed by atoms with van der Waals surface area (Å²) >= 11 is 3.41. The molecule has 0 amide bonds. The van der Waals surface area contributed by atoms with Crippen molar-refractivity contribution in [3.63, 3.8) is 0 Å². The van der Waals surface area contributed by atoms with Crippen LogP contribution in [0.4, 0.5) is 5.69 Å². The minimum atomic E-state index is -0.905. The van der Waals surface area contributed by atoms with Gasteiger partial charge in [-0.25, -0.2) is 4.79 Å². The highest BCUT2D eigenvalue weighted by Gasteiger charge is 2.17. The maximum Gasteiger partial charge on any atom is 0.335 e. The lowest BCUT2D eigenvalue weighted by Crippen LogP contribution is -2.35. The van der Waals surface area contributed by atoms with E-state index in [0.29, 0.717) is 11.6 Å². The van der Waals surface area contributed by atoms with Crippen molar-refractivity contribution in [1.29, 1.82) is 0 Å². The molecule has 19 heavy (non-hydrogen) atoms. The second kappa shape index (κ2) is 6.39. The summed E-state index contributed by atoms with van der Waals surface area (Å²) in [7, 11) is 0. The fourth-order valence-electron chi connectivity index (χ4n) is 2.36. The molecule has 1 atom stereocenters. The van der Waals surface area contributed by atoms with Crippen LogP contribution in [-0.4, -0.2) is 41.7 Å². The minimum absolute atomic E-state index is 0.296. The van der Waals surface area contributed by atoms with Gasteiger partial charge in [0.1, 0.15) is 0 Å². The second-order valence-electron chi connectivity index (χ2n) is 4.97. The van der Waals surface area contributed by atoms with E-state index < -0.39 is 5.97 Å². The minimum Gasteiger partial charge on any atom is -0.478 e. The van der Waals surface area contributed by atoms with Gasteiger partial charge in [-0.1, -0.05) is 0 Å². The van der Waals surface area contributed by atoms with Gasteiger partial charge in [0, 0.05) is 22.7 Å². The van der Waals surface area contributed by atoms with Crippen molar-refractivity contribution in [2.75, 3.05) is 25.0 Å². The van der Waals surface area contributed by atoms with Gasteiger partial charge >= 0.3 is 5.97 Å². The normalized spacial score (nSPS) is 17.4. The summed E-state index contributed by atoms with van der Waals surface area (Å²) in [5.41, 5.74) is 1.24. The van der Waals surface area contributed by atoms with Crippen molar-refractivity contribution in [2.24, 2.45) is 0 Å². The summed E-state index contributed by atoms with van der Waals surface area (Å²) in [5, 5.41) is 12.3. The number of hydrogen-bond donors (Lipinski definition) is 2. The molecule has 104 valence electrons. The third-order valence-corrected chi connectivity index (χ3v) is 4.22. The molecule has 2 N–H and O–H groups in total. The number of likely N-dealkylation sites (tertiary alicyclic amines) is 1. The van der Waals surface area contributed by atoms with Crippen LogP contribution >= 0.6 is 15.9 Å². The van der Waals surface area contributed by atoms with Gasteiger partial charge in [-0.05, 0) is 67.0 Å². The zero-order valence-electron chi connectivity index (χ0n) is 11.0. The van der Waals surface area contributed by atoms with Gasteiger partial charge in [-0.3, -0.25) is 4.90 Å². The van der Waals surface area contributed by atoms with Gasteiger partial charge in [-0.15, -0.1) is 0 Å². The Morgan fingerprint density at radius 3 is 2.74 bits per heavy atom. The number of nitrogens with zero attached hydrogens (tertiary/aromatic N) is 1. The van der Waals surface area contributed by atoms with E-state index in [1.807, 2.05) is 6.07 Å². The van der Waals surface area contributed by atoms with Crippen LogP contribution in [0.5, 0.6) is 0 Å². The topological polar surface area (TPSA) is 52.6 Å². The summed E-state index contributed by atoms with van der Waals surface area (Å²) < 4.78 is 0.793. The summed E-state index contributed by atoms with van der Waals surface area (Å²) in [4.78, 5) is 13.3. The zero-order chi connectivity index (χ0) is 13.8. The Morgan fingerprint density at radius 2 is 2.16 bits per heavy atom. The Bertz CT molecular complexity index is 459. The lowest BCUT2D eigenvalue weighted by Gasteiger charge is -2.24. The molecule has 5 heteroatoms. The van der Waals surface area contributed by atoms with Gasteiger partial charge in [0.2, 0.25) is 0 Å². The predicted octanol–water partition coefficient (Wildman–Crippen LogP) is 3.04. The van der Waals surface area contributed by atoms with E-state index in [4.69, 9.17) is 5.11 Å². The lowest BCUT2D eigenvalue weighted by molar-refractivity contribution is 0.0697. The maximum absolute atomic E-state index is 10.9. The molecule has 0 radical (unpaired) electrons. The molecule has 0 spiro atoms. The van der Waals surface area contributed by atoms with Crippen molar-refractivity contribution in [3.8, 4) is 0 Å². The summed E-state index contributed by atoms with van der Waals surface area (Å²) in [6.07, 6.45) is 2.59. The van der Waals surface area contributed by atoms with Crippen molar-refractivity contribution in [1.82, 2.24) is 4.90 Å². The van der Waals surface area contributed by atoms with Gasteiger partial charge in [0.15, 0.2) is 0 Å². The highest BCUT2D eigenvalue weighted by molar-refractivity contribution is 9.10. The average molecular weight is 327 g/mol. The third kappa shape index (κ3) is 3.70. The van der Waals surface area contributed by atoms with Crippen molar-refractivity contribution in [3.05, 3.63) is 28.2 Å². The SMILES string of the molecule is CC(CNc1ccc(C(=O)O)cc1Br)N1CCCC1. The molecule has 0 saturated carbocycles. The molecule has 4 nitrogen and oxygen atoms in total. The average Bonchev–Trinajstić information content (AvgIpc) is 2.90. The molecule has 0 bridgehead atoms. The van der Waals surface area contributed by atoms with Crippen molar-refractivity contribution in [2.45, 2.75) is 25.8 Å². The number of benzene rings is 1. The Balaban J connectivity index is 1.93. The molecular formula is C14H19BrN2O2. The smallest absolute Gasteiger partial charge is 0.335 e. The predicted molar refractivity (Wildman–Crippen MR) is 79.9 cm³/mol. The Labute approximate surface area is 121 Å². The molecule has 0 aliphatic carbocycles. The molecule has 1 unspecified atom stereocenters. The van der Waals surface area contributed by atoms with E-state index in [-0.39, 0.29) is 0 Å². The molecule has 1 aromatic rings. The first-order valence-corrected chi connectivity index (χ1v) is 7.38. The lowest BCUT2D eigenvalue weighted by atomic mass is 10.2. The molecule has 0 aromatic heterocycles. The van der Waals surface area contributed by atoms with Crippen LogP contribution in [0, 0.1) is 0 Å². The monoisotopic (exact) mass is 326 g/mol. The van der Waals surface area contributed by atoms with E-state index in [9.17, 15) is 4.79 Å². The molecule has 1 aromatic carbocycles. The van der Waals surface area contributed by atoms with Crippen LogP contribution in [0.1, 0.15) is 30.1 Å². The number of hydrogen-bond acceptors (Lipinski definition) is 3. The van der Waals surface area contributed by atoms with Crippen LogP contribution in [0.3, 0.4) is 0 Å². The number of nitrogens with one attached hydrogen (secondary N) is 1. The molecule has 1 aliphatic rings. The number of carbonyl (C=O) groups is 1. The van der Waals surface area contributed by atoms with Crippen LogP contribution in [0.2, 0.25) is 0 Å². The Hall–Kier alpha value is -1.07. The van der Waals surface area contributed by atoms with Crippen LogP contribution in [0.15, 0.2) is 22.7 Å². The number of halogens is 1. The molecule has 1 heterocycles. The van der Waals surface area contributed by atoms with Crippen LogP contribution < -0.4 is 5.32 Å². The second-order valence-corrected chi connectivity index (χ2v) is 5.83. The first-order chi connectivity index (χ1) is 9.08. The van der Waals surface area contributed by atoms with E-state index in [1.165, 1.54) is 25.9 Å². The number of aromatic carboxylic acids is 1. The van der Waals surface area contributed by atoms with Gasteiger partial charge < -0.3 is 10.4 Å². The summed E-state index contributed by atoms with van der Waals surface area (Å²) in [6.45, 7) is 5.45. The number of rotatable bonds is 5. The van der Waals surface area contributed by atoms with Gasteiger partial charge in [0.25, 0.3) is 0 Å². The van der Waals surface area contributed by atoms with E-state index >= 15 is 0 Å². The van der Waals surface area contributed by atoms with E-state index in [1.54, 1.807) is 12.1 Å². The highest BCUT2D eigenvalue weighted by atomic mass is 79.9. The Kier molecular flexibility index (Phi) is 4.82. The molecule has 1 aliphatic heterocycles. The van der Waals surface area contributed by atoms with E-state index in [2.05, 4.69) is 33.1 Å². The molecule has 1 saturated heterocycles. The van der Waals surface area contributed by atoms with Crippen LogP contribution in [-0.2, 0) is 0 Å². The highest BCUT2D eigenvalue weighted by Crippen LogP contribution is 2.24. The van der Waals surface area contributed by atoms with Crippen molar-refractivity contribution >= 4 is 27.6 Å². The number of carboxylic acids is 1. The Morgan fingerprint density at radius 1 is 1.47 bits per heavy atom. The van der Waals surface area contributed by atoms with Crippen molar-refractivity contribution < 1.29 is 9.90 Å². The van der Waals surface area contributed by atoms with Crippen LogP contribution in [0.25, 0.3) is 0 Å². The first kappa shape index (κ1) is 14.3. The maximum atomic E-state index is 10.9. The standard InChI is InChI=1S/C14H19BrN2O2/c1-10(17-6-2-3-7-17)9-16-13-5-4-11(14(18)19)8-12(13)15/h4-5,8,10,16H,2-3,6-7,9H2,1H3,(H,18,19). The molecule has 1 fully saturated rings.